The van der Waals surface area contributed by atoms with Crippen LogP contribution in [0.1, 0.15) is 13.3 Å². The maximum Gasteiger partial charge on any atom is 0.414 e. The van der Waals surface area contributed by atoms with Crippen molar-refractivity contribution < 1.29 is 23.5 Å². The van der Waals surface area contributed by atoms with E-state index in [4.69, 9.17) is 10.00 Å². The molecule has 11 heteroatoms. The second kappa shape index (κ2) is 9.41. The molecule has 0 aliphatic carbocycles. The van der Waals surface area contributed by atoms with E-state index in [1.54, 1.807) is 17.0 Å². The quantitative estimate of drug-likeness (QED) is 0.709. The molecule has 2 aliphatic rings. The predicted octanol–water partition coefficient (Wildman–Crippen LogP) is 0.354. The monoisotopic (exact) mass is 418 g/mol. The largest absolute Gasteiger partial charge is 0.442 e. The fourth-order valence-corrected chi connectivity index (χ4v) is 3.36. The third-order valence-corrected chi connectivity index (χ3v) is 4.85. The van der Waals surface area contributed by atoms with E-state index in [0.717, 1.165) is 0 Å². The molecule has 2 N–H and O–H groups in total. The summed E-state index contributed by atoms with van der Waals surface area (Å²) in [4.78, 5) is 38.1. The number of benzene rings is 1. The van der Waals surface area contributed by atoms with Gasteiger partial charge in [0.2, 0.25) is 5.91 Å². The molecule has 1 aromatic carbocycles. The van der Waals surface area contributed by atoms with E-state index in [0.29, 0.717) is 37.6 Å². The van der Waals surface area contributed by atoms with Crippen LogP contribution in [0.5, 0.6) is 0 Å². The Labute approximate surface area is 173 Å². The van der Waals surface area contributed by atoms with Gasteiger partial charge in [-0.05, 0) is 18.2 Å². The van der Waals surface area contributed by atoms with Crippen LogP contribution in [0, 0.1) is 17.1 Å². The Bertz CT molecular complexity index is 873. The van der Waals surface area contributed by atoms with Crippen molar-refractivity contribution in [1.82, 2.24) is 15.8 Å². The summed E-state index contributed by atoms with van der Waals surface area (Å²) in [5, 5.41) is 12.6. The molecule has 30 heavy (non-hydrogen) atoms. The van der Waals surface area contributed by atoms with E-state index in [2.05, 4.69) is 10.7 Å². The van der Waals surface area contributed by atoms with Crippen LogP contribution in [0.2, 0.25) is 0 Å². The van der Waals surface area contributed by atoms with Crippen LogP contribution in [0.25, 0.3) is 0 Å². The van der Waals surface area contributed by atoms with Gasteiger partial charge in [0.1, 0.15) is 18.3 Å². The number of cyclic esters (lactones) is 1. The lowest BCUT2D eigenvalue weighted by atomic mass is 10.2. The van der Waals surface area contributed by atoms with Crippen molar-refractivity contribution in [1.29, 1.82) is 5.26 Å². The van der Waals surface area contributed by atoms with E-state index in [1.165, 1.54) is 22.9 Å². The highest BCUT2D eigenvalue weighted by molar-refractivity contribution is 5.90. The topological polar surface area (TPSA) is 118 Å². The molecule has 2 aliphatic heterocycles. The third kappa shape index (κ3) is 4.96. The number of hydrazine groups is 1. The summed E-state index contributed by atoms with van der Waals surface area (Å²) in [5.41, 5.74) is 3.67. The van der Waals surface area contributed by atoms with Crippen molar-refractivity contribution in [2.45, 2.75) is 19.4 Å². The van der Waals surface area contributed by atoms with Crippen molar-refractivity contribution in [2.24, 2.45) is 0 Å². The highest BCUT2D eigenvalue weighted by Gasteiger charge is 2.33. The number of rotatable bonds is 5. The summed E-state index contributed by atoms with van der Waals surface area (Å²) in [6.45, 7) is 3.37. The second-order valence-corrected chi connectivity index (χ2v) is 6.96. The molecule has 2 fully saturated rings. The number of amides is 3. The summed E-state index contributed by atoms with van der Waals surface area (Å²) < 4.78 is 20.1. The number of nitrogens with one attached hydrogen (secondary N) is 2. The molecule has 10 nitrogen and oxygen atoms in total. The van der Waals surface area contributed by atoms with E-state index in [-0.39, 0.29) is 31.3 Å². The number of hydrogen-bond donors (Lipinski definition) is 2. The summed E-state index contributed by atoms with van der Waals surface area (Å²) in [7, 11) is 0. The number of nitrogens with zero attached hydrogens (tertiary/aromatic N) is 4. The third-order valence-electron chi connectivity index (χ3n) is 4.85. The Morgan fingerprint density at radius 3 is 2.87 bits per heavy atom. The van der Waals surface area contributed by atoms with Gasteiger partial charge in [-0.3, -0.25) is 19.5 Å². The van der Waals surface area contributed by atoms with Crippen LogP contribution in [0.4, 0.5) is 20.6 Å². The molecule has 2 saturated heterocycles. The average molecular weight is 418 g/mol. The Morgan fingerprint density at radius 2 is 2.17 bits per heavy atom. The Balaban J connectivity index is 1.65. The first-order valence-electron chi connectivity index (χ1n) is 9.57. The first-order valence-corrected chi connectivity index (χ1v) is 9.57. The summed E-state index contributed by atoms with van der Waals surface area (Å²) in [6.07, 6.45) is -1.31. The smallest absolute Gasteiger partial charge is 0.414 e. The SMILES string of the molecule is CC(=O)NC[C@H]1CN(c2ccc(N3CCNN(C(=O)CC#N)CC3)c(F)c2)C(=O)O1. The zero-order chi connectivity index (χ0) is 21.7. The molecular weight excluding hydrogens is 395 g/mol. The standard InChI is InChI=1S/C19H23FN6O4/c1-13(27)22-11-15-12-25(19(29)30-15)14-2-3-17(16(20)10-14)24-7-6-23-26(9-8-24)18(28)4-5-21/h2-3,10,15,23H,4,6-9,11-12H2,1H3,(H,22,27)/t15-/m0/s1. The highest BCUT2D eigenvalue weighted by Crippen LogP contribution is 2.28. The van der Waals surface area contributed by atoms with Gasteiger partial charge in [-0.25, -0.2) is 14.6 Å². The van der Waals surface area contributed by atoms with Gasteiger partial charge in [-0.15, -0.1) is 0 Å². The van der Waals surface area contributed by atoms with Crippen LogP contribution >= 0.6 is 0 Å². The Morgan fingerprint density at radius 1 is 1.37 bits per heavy atom. The Hall–Kier alpha value is -3.39. The molecule has 0 bridgehead atoms. The molecule has 0 saturated carbocycles. The molecule has 3 amide bonds. The van der Waals surface area contributed by atoms with Crippen LogP contribution in [-0.2, 0) is 14.3 Å². The number of carbonyl (C=O) groups excluding carboxylic acids is 3. The number of anilines is 2. The van der Waals surface area contributed by atoms with Crippen LogP contribution in [0.15, 0.2) is 18.2 Å². The molecule has 0 spiro atoms. The second-order valence-electron chi connectivity index (χ2n) is 6.96. The maximum absolute atomic E-state index is 14.9. The van der Waals surface area contributed by atoms with E-state index in [1.807, 2.05) is 6.07 Å². The highest BCUT2D eigenvalue weighted by atomic mass is 19.1. The minimum Gasteiger partial charge on any atom is -0.442 e. The summed E-state index contributed by atoms with van der Waals surface area (Å²) >= 11 is 0. The number of halogens is 1. The van der Waals surface area contributed by atoms with Crippen LogP contribution in [0.3, 0.4) is 0 Å². The lowest BCUT2D eigenvalue weighted by molar-refractivity contribution is -0.132. The first-order chi connectivity index (χ1) is 14.4. The molecule has 160 valence electrons. The fraction of sp³-hybridized carbons (Fsp3) is 0.474. The maximum atomic E-state index is 14.9. The Kier molecular flexibility index (Phi) is 6.68. The first kappa shape index (κ1) is 21.3. The molecule has 0 unspecified atom stereocenters. The predicted molar refractivity (Wildman–Crippen MR) is 105 cm³/mol. The number of hydrogen-bond acceptors (Lipinski definition) is 7. The molecule has 2 heterocycles. The lowest BCUT2D eigenvalue weighted by Gasteiger charge is -2.24. The zero-order valence-corrected chi connectivity index (χ0v) is 16.6. The van der Waals surface area contributed by atoms with Crippen molar-refractivity contribution in [3.05, 3.63) is 24.0 Å². The molecule has 1 atom stereocenters. The zero-order valence-electron chi connectivity index (χ0n) is 16.6. The minimum absolute atomic E-state index is 0.194. The van der Waals surface area contributed by atoms with Gasteiger partial charge >= 0.3 is 6.09 Å². The van der Waals surface area contributed by atoms with Crippen LogP contribution in [-0.4, -0.2) is 68.3 Å². The number of nitriles is 1. The average Bonchev–Trinajstić information content (AvgIpc) is 2.91. The van der Waals surface area contributed by atoms with Gasteiger partial charge in [0, 0.05) is 26.6 Å². The van der Waals surface area contributed by atoms with Crippen molar-refractivity contribution in [3.63, 3.8) is 0 Å². The molecular formula is C19H23FN6O4. The molecule has 0 aromatic heterocycles. The van der Waals surface area contributed by atoms with Gasteiger partial charge in [0.15, 0.2) is 0 Å². The van der Waals surface area contributed by atoms with Gasteiger partial charge in [-0.1, -0.05) is 0 Å². The van der Waals surface area contributed by atoms with Gasteiger partial charge in [0.05, 0.1) is 37.1 Å². The van der Waals surface area contributed by atoms with Gasteiger partial charge in [0.25, 0.3) is 5.91 Å². The van der Waals surface area contributed by atoms with E-state index in [9.17, 15) is 18.8 Å². The summed E-state index contributed by atoms with van der Waals surface area (Å²) in [6, 6.07) is 6.32. The van der Waals surface area contributed by atoms with E-state index < -0.39 is 18.0 Å². The van der Waals surface area contributed by atoms with Gasteiger partial charge < -0.3 is 15.0 Å². The minimum atomic E-state index is -0.594. The van der Waals surface area contributed by atoms with Gasteiger partial charge in [-0.2, -0.15) is 5.26 Å². The number of ether oxygens (including phenoxy) is 1. The van der Waals surface area contributed by atoms with Crippen molar-refractivity contribution in [2.75, 3.05) is 49.1 Å². The molecule has 0 radical (unpaired) electrons. The molecule has 1 aromatic rings. The van der Waals surface area contributed by atoms with Crippen molar-refractivity contribution >= 4 is 29.3 Å². The number of carbonyl (C=O) groups is 3. The normalized spacial score (nSPS) is 19.2. The molecule has 3 rings (SSSR count). The summed E-state index contributed by atoms with van der Waals surface area (Å²) in [5.74, 6) is -1.04. The van der Waals surface area contributed by atoms with E-state index >= 15 is 0 Å². The van der Waals surface area contributed by atoms with Crippen LogP contribution < -0.4 is 20.5 Å². The van der Waals surface area contributed by atoms with Crippen molar-refractivity contribution in [3.8, 4) is 6.07 Å². The fourth-order valence-electron chi connectivity index (χ4n) is 3.36. The lowest BCUT2D eigenvalue weighted by Crippen LogP contribution is -2.43.